The molecule has 0 atom stereocenters. The van der Waals surface area contributed by atoms with Crippen LogP contribution in [0.3, 0.4) is 0 Å². The zero-order valence-electron chi connectivity index (χ0n) is 10.9. The molecule has 0 spiro atoms. The van der Waals surface area contributed by atoms with E-state index in [1.807, 2.05) is 18.7 Å². The van der Waals surface area contributed by atoms with Crippen LogP contribution in [-0.4, -0.2) is 58.6 Å². The number of likely N-dealkylation sites (N-methyl/N-ethyl adjacent to an activating group) is 1. The Morgan fingerprint density at radius 3 is 2.65 bits per heavy atom. The lowest BCUT2D eigenvalue weighted by Gasteiger charge is -2.20. The van der Waals surface area contributed by atoms with E-state index in [0.717, 1.165) is 6.54 Å². The van der Waals surface area contributed by atoms with Gasteiger partial charge < -0.3 is 14.4 Å². The van der Waals surface area contributed by atoms with Gasteiger partial charge in [-0.2, -0.15) is 0 Å². The van der Waals surface area contributed by atoms with Gasteiger partial charge in [-0.1, -0.05) is 6.92 Å². The van der Waals surface area contributed by atoms with Crippen LogP contribution in [0, 0.1) is 0 Å². The molecule has 4 heteroatoms. The third-order valence-electron chi connectivity index (χ3n) is 3.58. The predicted octanol–water partition coefficient (Wildman–Crippen LogP) is 1.30. The number of nitrogens with zero attached hydrogens (tertiary/aromatic N) is 4. The van der Waals surface area contributed by atoms with Crippen LogP contribution < -0.4 is 0 Å². The molecule has 0 aliphatic carbocycles. The number of imidazole rings is 1. The van der Waals surface area contributed by atoms with Crippen LogP contribution in [-0.2, 0) is 6.54 Å². The quantitative estimate of drug-likeness (QED) is 0.770. The van der Waals surface area contributed by atoms with Crippen molar-refractivity contribution in [2.75, 3.05) is 39.3 Å². The van der Waals surface area contributed by atoms with E-state index in [-0.39, 0.29) is 0 Å². The summed E-state index contributed by atoms with van der Waals surface area (Å²) in [5.74, 6) is 0. The molecule has 0 unspecified atom stereocenters. The number of rotatable bonds is 5. The zero-order valence-corrected chi connectivity index (χ0v) is 10.9. The van der Waals surface area contributed by atoms with Crippen molar-refractivity contribution in [3.8, 4) is 0 Å². The van der Waals surface area contributed by atoms with Gasteiger partial charge >= 0.3 is 0 Å². The Bertz CT molecular complexity index is 296. The third-order valence-corrected chi connectivity index (χ3v) is 3.58. The second-order valence-corrected chi connectivity index (χ2v) is 4.78. The molecular weight excluding hydrogens is 212 g/mol. The van der Waals surface area contributed by atoms with Crippen molar-refractivity contribution in [3.63, 3.8) is 0 Å². The Kier molecular flexibility index (Phi) is 5.01. The Morgan fingerprint density at radius 2 is 1.88 bits per heavy atom. The smallest absolute Gasteiger partial charge is 0.0945 e. The summed E-state index contributed by atoms with van der Waals surface area (Å²) in [6, 6.07) is 0. The van der Waals surface area contributed by atoms with E-state index in [1.165, 1.54) is 52.1 Å². The largest absolute Gasteiger partial charge is 0.337 e. The average Bonchev–Trinajstić information content (AvgIpc) is 2.75. The molecule has 2 heterocycles. The molecule has 0 aromatic carbocycles. The van der Waals surface area contributed by atoms with E-state index >= 15 is 0 Å². The second kappa shape index (κ2) is 6.77. The van der Waals surface area contributed by atoms with Gasteiger partial charge in [-0.3, -0.25) is 0 Å². The van der Waals surface area contributed by atoms with E-state index in [9.17, 15) is 0 Å². The molecule has 1 aliphatic rings. The minimum atomic E-state index is 1.09. The van der Waals surface area contributed by atoms with Crippen molar-refractivity contribution in [1.82, 2.24) is 19.4 Å². The molecule has 0 saturated carbocycles. The molecule has 0 N–H and O–H groups in total. The highest BCUT2D eigenvalue weighted by Gasteiger charge is 2.12. The lowest BCUT2D eigenvalue weighted by molar-refractivity contribution is 0.257. The van der Waals surface area contributed by atoms with Gasteiger partial charge in [0, 0.05) is 32.0 Å². The highest BCUT2D eigenvalue weighted by atomic mass is 15.2. The van der Waals surface area contributed by atoms with Crippen molar-refractivity contribution in [2.45, 2.75) is 26.3 Å². The third kappa shape index (κ3) is 4.13. The van der Waals surface area contributed by atoms with Crippen LogP contribution in [0.5, 0.6) is 0 Å². The first-order chi connectivity index (χ1) is 8.38. The summed E-state index contributed by atoms with van der Waals surface area (Å²) in [6.07, 6.45) is 8.34. The summed E-state index contributed by atoms with van der Waals surface area (Å²) in [5.41, 5.74) is 0. The van der Waals surface area contributed by atoms with Gasteiger partial charge in [0.05, 0.1) is 6.33 Å². The molecule has 1 fully saturated rings. The van der Waals surface area contributed by atoms with Gasteiger partial charge in [0.15, 0.2) is 0 Å². The van der Waals surface area contributed by atoms with Crippen molar-refractivity contribution in [3.05, 3.63) is 18.7 Å². The first-order valence-corrected chi connectivity index (χ1v) is 6.79. The summed E-state index contributed by atoms with van der Waals surface area (Å²) in [5, 5.41) is 0. The van der Waals surface area contributed by atoms with Gasteiger partial charge in [0.1, 0.15) is 0 Å². The number of aromatic nitrogens is 2. The first kappa shape index (κ1) is 12.6. The standard InChI is InChI=1S/C13H24N4/c1-2-15-6-3-7-16(12-11-15)8-4-9-17-10-5-14-13-17/h5,10,13H,2-4,6-9,11-12H2,1H3. The molecule has 2 rings (SSSR count). The highest BCUT2D eigenvalue weighted by molar-refractivity contribution is 4.74. The molecule has 1 aromatic rings. The van der Waals surface area contributed by atoms with E-state index in [4.69, 9.17) is 0 Å². The van der Waals surface area contributed by atoms with E-state index in [0.29, 0.717) is 0 Å². The predicted molar refractivity (Wildman–Crippen MR) is 70.0 cm³/mol. The molecule has 96 valence electrons. The average molecular weight is 236 g/mol. The lowest BCUT2D eigenvalue weighted by atomic mass is 10.3. The van der Waals surface area contributed by atoms with Crippen LogP contribution in [0.2, 0.25) is 0 Å². The zero-order chi connectivity index (χ0) is 11.9. The molecule has 1 aliphatic heterocycles. The van der Waals surface area contributed by atoms with Crippen molar-refractivity contribution in [2.24, 2.45) is 0 Å². The maximum absolute atomic E-state index is 4.07. The fraction of sp³-hybridized carbons (Fsp3) is 0.769. The number of aryl methyl sites for hydroxylation is 1. The fourth-order valence-electron chi connectivity index (χ4n) is 2.46. The first-order valence-electron chi connectivity index (χ1n) is 6.79. The van der Waals surface area contributed by atoms with Gasteiger partial charge in [0.25, 0.3) is 0 Å². The molecule has 0 bridgehead atoms. The Balaban J connectivity index is 1.65. The van der Waals surface area contributed by atoms with Crippen LogP contribution >= 0.6 is 0 Å². The van der Waals surface area contributed by atoms with Gasteiger partial charge in [-0.15, -0.1) is 0 Å². The topological polar surface area (TPSA) is 24.3 Å². The normalized spacial score (nSPS) is 19.4. The lowest BCUT2D eigenvalue weighted by Crippen LogP contribution is -2.31. The van der Waals surface area contributed by atoms with E-state index < -0.39 is 0 Å². The van der Waals surface area contributed by atoms with Gasteiger partial charge in [0.2, 0.25) is 0 Å². The highest BCUT2D eigenvalue weighted by Crippen LogP contribution is 2.04. The monoisotopic (exact) mass is 236 g/mol. The molecule has 0 amide bonds. The van der Waals surface area contributed by atoms with E-state index in [2.05, 4.69) is 26.3 Å². The van der Waals surface area contributed by atoms with Crippen LogP contribution in [0.15, 0.2) is 18.7 Å². The Labute approximate surface area is 104 Å². The molecule has 17 heavy (non-hydrogen) atoms. The molecule has 1 saturated heterocycles. The molecule has 1 aromatic heterocycles. The van der Waals surface area contributed by atoms with Crippen LogP contribution in [0.1, 0.15) is 19.8 Å². The SMILES string of the molecule is CCN1CCCN(CCCn2ccnc2)CC1. The molecule has 0 radical (unpaired) electrons. The summed E-state index contributed by atoms with van der Waals surface area (Å²) >= 11 is 0. The summed E-state index contributed by atoms with van der Waals surface area (Å²) in [6.45, 7) is 10.8. The Hall–Kier alpha value is -0.870. The van der Waals surface area contributed by atoms with Gasteiger partial charge in [-0.25, -0.2) is 4.98 Å². The maximum atomic E-state index is 4.07. The molecular formula is C13H24N4. The summed E-state index contributed by atoms with van der Waals surface area (Å²) in [4.78, 5) is 9.22. The minimum Gasteiger partial charge on any atom is -0.337 e. The van der Waals surface area contributed by atoms with E-state index in [1.54, 1.807) is 0 Å². The van der Waals surface area contributed by atoms with Gasteiger partial charge in [-0.05, 0) is 39.0 Å². The maximum Gasteiger partial charge on any atom is 0.0945 e. The fourth-order valence-corrected chi connectivity index (χ4v) is 2.46. The van der Waals surface area contributed by atoms with Crippen molar-refractivity contribution in [1.29, 1.82) is 0 Å². The van der Waals surface area contributed by atoms with Crippen molar-refractivity contribution < 1.29 is 0 Å². The minimum absolute atomic E-state index is 1.09. The number of hydrogen-bond acceptors (Lipinski definition) is 3. The summed E-state index contributed by atoms with van der Waals surface area (Å²) in [7, 11) is 0. The van der Waals surface area contributed by atoms with Crippen molar-refractivity contribution >= 4 is 0 Å². The molecule has 4 nitrogen and oxygen atoms in total. The summed E-state index contributed by atoms with van der Waals surface area (Å²) < 4.78 is 2.16. The van der Waals surface area contributed by atoms with Crippen LogP contribution in [0.4, 0.5) is 0 Å². The number of hydrogen-bond donors (Lipinski definition) is 0. The Morgan fingerprint density at radius 1 is 1.06 bits per heavy atom. The second-order valence-electron chi connectivity index (χ2n) is 4.78. The van der Waals surface area contributed by atoms with Crippen LogP contribution in [0.25, 0.3) is 0 Å².